The van der Waals surface area contributed by atoms with Crippen molar-refractivity contribution >= 4 is 41.0 Å². The standard InChI is InChI=1S/C20H21ClN2O5/c1-12-10-13(21)6-7-16(12)22-17(24)11-28-18(25)8-9-23-19(26)14-4-2-3-5-15(14)20(23)27/h2-3,6-7,10,14-15H,4-5,8-9,11H2,1H3,(H,22,24)/t14-,15-/m0/s1. The van der Waals surface area contributed by atoms with E-state index in [1.54, 1.807) is 25.1 Å². The number of esters is 1. The number of carbonyl (C=O) groups excluding carboxylic acids is 4. The summed E-state index contributed by atoms with van der Waals surface area (Å²) in [7, 11) is 0. The van der Waals surface area contributed by atoms with Gasteiger partial charge in [0, 0.05) is 17.3 Å². The highest BCUT2D eigenvalue weighted by Crippen LogP contribution is 2.35. The molecule has 148 valence electrons. The van der Waals surface area contributed by atoms with Gasteiger partial charge >= 0.3 is 5.97 Å². The SMILES string of the molecule is Cc1cc(Cl)ccc1NC(=O)COC(=O)CCN1C(=O)[C@H]2CC=CC[C@@H]2C1=O. The quantitative estimate of drug-likeness (QED) is 0.446. The van der Waals surface area contributed by atoms with Crippen LogP contribution in [0.3, 0.4) is 0 Å². The average Bonchev–Trinajstić information content (AvgIpc) is 2.91. The lowest BCUT2D eigenvalue weighted by Gasteiger charge is -2.14. The summed E-state index contributed by atoms with van der Waals surface area (Å²) in [5, 5.41) is 3.20. The summed E-state index contributed by atoms with van der Waals surface area (Å²) in [6, 6.07) is 5.02. The second-order valence-electron chi connectivity index (χ2n) is 6.90. The largest absolute Gasteiger partial charge is 0.456 e. The molecule has 1 heterocycles. The van der Waals surface area contributed by atoms with Crippen molar-refractivity contribution in [3.05, 3.63) is 40.9 Å². The molecule has 28 heavy (non-hydrogen) atoms. The van der Waals surface area contributed by atoms with Gasteiger partial charge in [-0.25, -0.2) is 0 Å². The van der Waals surface area contributed by atoms with Crippen LogP contribution in [-0.2, 0) is 23.9 Å². The molecular weight excluding hydrogens is 384 g/mol. The summed E-state index contributed by atoms with van der Waals surface area (Å²) >= 11 is 5.87. The molecule has 0 unspecified atom stereocenters. The highest BCUT2D eigenvalue weighted by Gasteiger charge is 2.46. The van der Waals surface area contributed by atoms with Gasteiger partial charge in [-0.1, -0.05) is 23.8 Å². The number of likely N-dealkylation sites (tertiary alicyclic amines) is 1. The van der Waals surface area contributed by atoms with Crippen molar-refractivity contribution in [2.24, 2.45) is 11.8 Å². The van der Waals surface area contributed by atoms with Crippen LogP contribution in [0.1, 0.15) is 24.8 Å². The molecule has 0 aromatic heterocycles. The van der Waals surface area contributed by atoms with Crippen molar-refractivity contribution in [1.29, 1.82) is 0 Å². The Morgan fingerprint density at radius 1 is 1.18 bits per heavy atom. The molecule has 1 aliphatic heterocycles. The van der Waals surface area contributed by atoms with E-state index in [4.69, 9.17) is 16.3 Å². The van der Waals surface area contributed by atoms with Crippen LogP contribution in [0.4, 0.5) is 5.69 Å². The molecule has 1 fully saturated rings. The van der Waals surface area contributed by atoms with Crippen LogP contribution in [0, 0.1) is 18.8 Å². The normalized spacial score (nSPS) is 20.9. The Bertz CT molecular complexity index is 825. The number of nitrogens with zero attached hydrogens (tertiary/aromatic N) is 1. The van der Waals surface area contributed by atoms with Crippen LogP contribution in [0.15, 0.2) is 30.4 Å². The second kappa shape index (κ2) is 8.56. The number of carbonyl (C=O) groups is 4. The number of fused-ring (bicyclic) bond motifs is 1. The van der Waals surface area contributed by atoms with Gasteiger partial charge in [0.25, 0.3) is 5.91 Å². The minimum absolute atomic E-state index is 0.0264. The topological polar surface area (TPSA) is 92.8 Å². The van der Waals surface area contributed by atoms with Crippen LogP contribution in [-0.4, -0.2) is 41.7 Å². The molecule has 1 aromatic rings. The van der Waals surface area contributed by atoms with Gasteiger partial charge in [0.1, 0.15) is 0 Å². The molecule has 3 rings (SSSR count). The summed E-state index contributed by atoms with van der Waals surface area (Å²) in [6.07, 6.45) is 4.79. The summed E-state index contributed by atoms with van der Waals surface area (Å²) in [6.45, 7) is 1.32. The molecule has 1 aromatic carbocycles. The van der Waals surface area contributed by atoms with Gasteiger partial charge in [0.2, 0.25) is 11.8 Å². The Balaban J connectivity index is 1.44. The van der Waals surface area contributed by atoms with Crippen LogP contribution in [0.2, 0.25) is 5.02 Å². The van der Waals surface area contributed by atoms with Crippen LogP contribution < -0.4 is 5.32 Å². The predicted octanol–water partition coefficient (Wildman–Crippen LogP) is 2.47. The van der Waals surface area contributed by atoms with E-state index < -0.39 is 18.5 Å². The minimum atomic E-state index is -0.642. The van der Waals surface area contributed by atoms with Crippen molar-refractivity contribution in [2.75, 3.05) is 18.5 Å². The third-order valence-corrected chi connectivity index (χ3v) is 5.20. The Morgan fingerprint density at radius 2 is 1.82 bits per heavy atom. The van der Waals surface area contributed by atoms with Gasteiger partial charge in [-0.2, -0.15) is 0 Å². The third-order valence-electron chi connectivity index (χ3n) is 4.97. The summed E-state index contributed by atoms with van der Waals surface area (Å²) in [5.41, 5.74) is 1.36. The Hall–Kier alpha value is -2.67. The van der Waals surface area contributed by atoms with Crippen LogP contribution in [0.25, 0.3) is 0 Å². The minimum Gasteiger partial charge on any atom is -0.456 e. The van der Waals surface area contributed by atoms with Crippen molar-refractivity contribution in [3.8, 4) is 0 Å². The molecule has 0 bridgehead atoms. The van der Waals surface area contributed by atoms with Crippen molar-refractivity contribution in [3.63, 3.8) is 0 Å². The smallest absolute Gasteiger partial charge is 0.308 e. The first-order valence-electron chi connectivity index (χ1n) is 9.08. The fourth-order valence-corrected chi connectivity index (χ4v) is 3.69. The number of rotatable bonds is 6. The zero-order chi connectivity index (χ0) is 20.3. The number of hydrogen-bond donors (Lipinski definition) is 1. The van der Waals surface area contributed by atoms with Crippen LogP contribution >= 0.6 is 11.6 Å². The van der Waals surface area contributed by atoms with E-state index in [1.165, 1.54) is 0 Å². The maximum atomic E-state index is 12.3. The van der Waals surface area contributed by atoms with E-state index in [9.17, 15) is 19.2 Å². The van der Waals surface area contributed by atoms with E-state index in [-0.39, 0.29) is 36.6 Å². The average molecular weight is 405 g/mol. The van der Waals surface area contributed by atoms with E-state index in [0.29, 0.717) is 23.6 Å². The Morgan fingerprint density at radius 3 is 2.43 bits per heavy atom. The lowest BCUT2D eigenvalue weighted by Crippen LogP contribution is -2.33. The molecule has 1 N–H and O–H groups in total. The van der Waals surface area contributed by atoms with Gasteiger partial charge in [0.05, 0.1) is 18.3 Å². The van der Waals surface area contributed by atoms with Gasteiger partial charge in [0.15, 0.2) is 6.61 Å². The number of halogens is 1. The summed E-state index contributed by atoms with van der Waals surface area (Å²) in [5.74, 6) is -2.23. The third kappa shape index (κ3) is 4.42. The van der Waals surface area contributed by atoms with Crippen molar-refractivity contribution in [1.82, 2.24) is 4.90 Å². The molecule has 2 atom stereocenters. The van der Waals surface area contributed by atoms with Crippen molar-refractivity contribution in [2.45, 2.75) is 26.2 Å². The molecule has 8 heteroatoms. The Kier molecular flexibility index (Phi) is 6.14. The first-order chi connectivity index (χ1) is 13.4. The van der Waals surface area contributed by atoms with E-state index in [0.717, 1.165) is 10.5 Å². The molecule has 1 saturated heterocycles. The van der Waals surface area contributed by atoms with Gasteiger partial charge in [-0.15, -0.1) is 0 Å². The van der Waals surface area contributed by atoms with E-state index in [2.05, 4.69) is 5.32 Å². The number of anilines is 1. The lowest BCUT2D eigenvalue weighted by molar-refractivity contribution is -0.148. The molecule has 7 nitrogen and oxygen atoms in total. The fourth-order valence-electron chi connectivity index (χ4n) is 3.46. The zero-order valence-electron chi connectivity index (χ0n) is 15.4. The first-order valence-corrected chi connectivity index (χ1v) is 9.46. The van der Waals surface area contributed by atoms with E-state index >= 15 is 0 Å². The molecule has 0 radical (unpaired) electrons. The molecule has 0 saturated carbocycles. The van der Waals surface area contributed by atoms with Gasteiger partial charge < -0.3 is 10.1 Å². The highest BCUT2D eigenvalue weighted by atomic mass is 35.5. The fraction of sp³-hybridized carbons (Fsp3) is 0.400. The number of ether oxygens (including phenoxy) is 1. The molecule has 1 aliphatic carbocycles. The number of hydrogen-bond acceptors (Lipinski definition) is 5. The molecule has 2 aliphatic rings. The highest BCUT2D eigenvalue weighted by molar-refractivity contribution is 6.30. The second-order valence-corrected chi connectivity index (χ2v) is 7.34. The molecule has 0 spiro atoms. The van der Waals surface area contributed by atoms with Crippen LogP contribution in [0.5, 0.6) is 0 Å². The predicted molar refractivity (Wildman–Crippen MR) is 102 cm³/mol. The summed E-state index contributed by atoms with van der Waals surface area (Å²) in [4.78, 5) is 49.7. The number of aryl methyl sites for hydroxylation is 1. The summed E-state index contributed by atoms with van der Waals surface area (Å²) < 4.78 is 4.95. The van der Waals surface area contributed by atoms with Crippen molar-refractivity contribution < 1.29 is 23.9 Å². The monoisotopic (exact) mass is 404 g/mol. The number of nitrogens with one attached hydrogen (secondary N) is 1. The number of benzene rings is 1. The number of imide groups is 1. The first kappa shape index (κ1) is 20.1. The molecular formula is C20H21ClN2O5. The van der Waals surface area contributed by atoms with Gasteiger partial charge in [-0.05, 0) is 43.5 Å². The number of amides is 3. The van der Waals surface area contributed by atoms with E-state index in [1.807, 2.05) is 12.2 Å². The maximum Gasteiger partial charge on any atom is 0.308 e. The Labute approximate surface area is 167 Å². The number of allylic oxidation sites excluding steroid dienone is 2. The zero-order valence-corrected chi connectivity index (χ0v) is 16.2. The lowest BCUT2D eigenvalue weighted by atomic mass is 9.85. The molecule has 3 amide bonds. The maximum absolute atomic E-state index is 12.3. The van der Waals surface area contributed by atoms with Gasteiger partial charge in [-0.3, -0.25) is 24.1 Å².